The van der Waals surface area contributed by atoms with Gasteiger partial charge in [-0.2, -0.15) is 5.26 Å². The van der Waals surface area contributed by atoms with E-state index in [4.69, 9.17) is 16.9 Å². The minimum Gasteiger partial charge on any atom is -0.393 e. The van der Waals surface area contributed by atoms with Crippen LogP contribution in [-0.2, 0) is 6.42 Å². The number of hydrogen-bond donors (Lipinski definition) is 2. The van der Waals surface area contributed by atoms with Crippen LogP contribution in [0.15, 0.2) is 41.3 Å². The highest BCUT2D eigenvalue weighted by molar-refractivity contribution is 6.30. The molecule has 1 saturated heterocycles. The van der Waals surface area contributed by atoms with E-state index in [9.17, 15) is 9.90 Å². The maximum atomic E-state index is 15.3. The third-order valence-corrected chi connectivity index (χ3v) is 5.65. The monoisotopic (exact) mass is 411 g/mol. The number of H-pyrrole nitrogens is 1. The molecule has 2 heterocycles. The van der Waals surface area contributed by atoms with Crippen molar-refractivity contribution in [3.63, 3.8) is 0 Å². The van der Waals surface area contributed by atoms with Gasteiger partial charge in [-0.05, 0) is 36.6 Å². The van der Waals surface area contributed by atoms with Gasteiger partial charge in [-0.1, -0.05) is 23.7 Å². The van der Waals surface area contributed by atoms with E-state index >= 15 is 4.39 Å². The molecule has 7 heteroatoms. The van der Waals surface area contributed by atoms with E-state index in [2.05, 4.69) is 4.98 Å². The molecule has 1 aromatic heterocycles. The summed E-state index contributed by atoms with van der Waals surface area (Å²) >= 11 is 5.99. The molecule has 0 amide bonds. The highest BCUT2D eigenvalue weighted by Crippen LogP contribution is 2.34. The fourth-order valence-electron chi connectivity index (χ4n) is 3.88. The molecule has 0 unspecified atom stereocenters. The maximum absolute atomic E-state index is 15.3. The van der Waals surface area contributed by atoms with Crippen molar-refractivity contribution in [3.8, 4) is 6.07 Å². The lowest BCUT2D eigenvalue weighted by Crippen LogP contribution is -2.37. The number of pyridine rings is 1. The summed E-state index contributed by atoms with van der Waals surface area (Å²) in [5.74, 6) is -0.501. The smallest absolute Gasteiger partial charge is 0.207 e. The molecule has 148 valence electrons. The van der Waals surface area contributed by atoms with E-state index < -0.39 is 11.2 Å². The van der Waals surface area contributed by atoms with Gasteiger partial charge in [0, 0.05) is 36.3 Å². The van der Waals surface area contributed by atoms with E-state index in [0.29, 0.717) is 54.1 Å². The number of aromatic nitrogens is 1. The molecule has 1 aliphatic rings. The first-order chi connectivity index (χ1) is 14.0. The van der Waals surface area contributed by atoms with Crippen molar-refractivity contribution in [3.05, 3.63) is 74.3 Å². The molecular weight excluding hydrogens is 393 g/mol. The average Bonchev–Trinajstić information content (AvgIpc) is 2.71. The van der Waals surface area contributed by atoms with Gasteiger partial charge in [0.2, 0.25) is 5.43 Å². The first-order valence-corrected chi connectivity index (χ1v) is 9.80. The van der Waals surface area contributed by atoms with Crippen LogP contribution in [0, 0.1) is 17.1 Å². The van der Waals surface area contributed by atoms with Gasteiger partial charge in [0.15, 0.2) is 0 Å². The highest BCUT2D eigenvalue weighted by atomic mass is 35.5. The molecule has 1 fully saturated rings. The van der Waals surface area contributed by atoms with Gasteiger partial charge in [0.05, 0.1) is 22.7 Å². The van der Waals surface area contributed by atoms with E-state index in [1.54, 1.807) is 12.1 Å². The third kappa shape index (κ3) is 3.71. The Balaban J connectivity index is 1.92. The number of rotatable bonds is 3. The van der Waals surface area contributed by atoms with Crippen LogP contribution in [0.3, 0.4) is 0 Å². The lowest BCUT2D eigenvalue weighted by atomic mass is 9.96. The van der Waals surface area contributed by atoms with Crippen molar-refractivity contribution >= 4 is 28.2 Å². The molecule has 5 nitrogen and oxygen atoms in total. The lowest BCUT2D eigenvalue weighted by Gasteiger charge is -2.33. The predicted octanol–water partition coefficient (Wildman–Crippen LogP) is 3.74. The van der Waals surface area contributed by atoms with Crippen LogP contribution in [-0.4, -0.2) is 29.3 Å². The first-order valence-electron chi connectivity index (χ1n) is 9.42. The lowest BCUT2D eigenvalue weighted by molar-refractivity contribution is 0.145. The topological polar surface area (TPSA) is 80.1 Å². The van der Waals surface area contributed by atoms with Crippen molar-refractivity contribution in [1.82, 2.24) is 4.98 Å². The SMILES string of the molecule is N#Cc1c[nH]c2c(Cc3ccc(Cl)cc3)c(N3CCC(O)CC3)c(F)cc2c1=O. The molecule has 2 aromatic carbocycles. The quantitative estimate of drug-likeness (QED) is 0.688. The van der Waals surface area contributed by atoms with Crippen LogP contribution < -0.4 is 10.3 Å². The van der Waals surface area contributed by atoms with Crippen LogP contribution in [0.25, 0.3) is 10.9 Å². The van der Waals surface area contributed by atoms with Crippen LogP contribution in [0.5, 0.6) is 0 Å². The molecular formula is C22H19ClFN3O2. The first kappa shape index (κ1) is 19.4. The van der Waals surface area contributed by atoms with Crippen LogP contribution in [0.1, 0.15) is 29.5 Å². The zero-order valence-corrected chi connectivity index (χ0v) is 16.3. The summed E-state index contributed by atoms with van der Waals surface area (Å²) in [7, 11) is 0. The summed E-state index contributed by atoms with van der Waals surface area (Å²) in [6.07, 6.45) is 2.50. The van der Waals surface area contributed by atoms with Crippen molar-refractivity contribution in [1.29, 1.82) is 5.26 Å². The van der Waals surface area contributed by atoms with Gasteiger partial charge >= 0.3 is 0 Å². The van der Waals surface area contributed by atoms with Gasteiger partial charge in [0.25, 0.3) is 0 Å². The van der Waals surface area contributed by atoms with Crippen molar-refractivity contribution in [2.24, 2.45) is 0 Å². The van der Waals surface area contributed by atoms with Gasteiger partial charge in [-0.15, -0.1) is 0 Å². The maximum Gasteiger partial charge on any atom is 0.207 e. The Morgan fingerprint density at radius 1 is 1.28 bits per heavy atom. The normalized spacial score (nSPS) is 14.9. The Morgan fingerprint density at radius 2 is 1.97 bits per heavy atom. The van der Waals surface area contributed by atoms with E-state index in [0.717, 1.165) is 5.56 Å². The third-order valence-electron chi connectivity index (χ3n) is 5.40. The standard InChI is InChI=1S/C22H19ClFN3O2/c23-15-3-1-13(2-4-15)9-17-20-18(22(29)14(11-25)12-26-20)10-19(24)21(17)27-7-5-16(28)6-8-27/h1-4,10,12,16,28H,5-9H2,(H,26,29). The number of nitrogens with zero attached hydrogens (tertiary/aromatic N) is 2. The fourth-order valence-corrected chi connectivity index (χ4v) is 4.01. The molecule has 0 radical (unpaired) electrons. The number of nitrogens with one attached hydrogen (secondary N) is 1. The van der Waals surface area contributed by atoms with Crippen molar-refractivity contribution < 1.29 is 9.50 Å². The zero-order chi connectivity index (χ0) is 20.5. The van der Waals surface area contributed by atoms with E-state index in [1.807, 2.05) is 23.1 Å². The van der Waals surface area contributed by atoms with Gasteiger partial charge in [-0.3, -0.25) is 4.79 Å². The van der Waals surface area contributed by atoms with Crippen molar-refractivity contribution in [2.45, 2.75) is 25.4 Å². The average molecular weight is 412 g/mol. The highest BCUT2D eigenvalue weighted by Gasteiger charge is 2.25. The molecule has 3 aromatic rings. The Kier molecular flexibility index (Phi) is 5.27. The minimum atomic E-state index is -0.501. The zero-order valence-electron chi connectivity index (χ0n) is 15.6. The summed E-state index contributed by atoms with van der Waals surface area (Å²) in [6, 6.07) is 10.3. The Labute approximate surface area is 172 Å². The minimum absolute atomic E-state index is 0.0526. The molecule has 0 atom stereocenters. The molecule has 0 saturated carbocycles. The van der Waals surface area contributed by atoms with Crippen LogP contribution >= 0.6 is 11.6 Å². The summed E-state index contributed by atoms with van der Waals surface area (Å²) < 4.78 is 15.3. The molecule has 2 N–H and O–H groups in total. The molecule has 29 heavy (non-hydrogen) atoms. The van der Waals surface area contributed by atoms with E-state index in [1.165, 1.54) is 12.3 Å². The number of benzene rings is 2. The van der Waals surface area contributed by atoms with Gasteiger partial charge in [-0.25, -0.2) is 4.39 Å². The molecule has 4 rings (SSSR count). The number of nitriles is 1. The van der Waals surface area contributed by atoms with Crippen molar-refractivity contribution in [2.75, 3.05) is 18.0 Å². The second-order valence-corrected chi connectivity index (χ2v) is 7.71. The fraction of sp³-hybridized carbons (Fsp3) is 0.273. The summed E-state index contributed by atoms with van der Waals surface area (Å²) in [5.41, 5.74) is 1.98. The molecule has 0 aliphatic carbocycles. The van der Waals surface area contributed by atoms with Crippen LogP contribution in [0.2, 0.25) is 5.02 Å². The van der Waals surface area contributed by atoms with E-state index in [-0.39, 0.29) is 17.1 Å². The largest absolute Gasteiger partial charge is 0.393 e. The number of anilines is 1. The number of hydrogen-bond acceptors (Lipinski definition) is 4. The summed E-state index contributed by atoms with van der Waals surface area (Å²) in [5, 5.41) is 19.7. The second kappa shape index (κ2) is 7.86. The summed E-state index contributed by atoms with van der Waals surface area (Å²) in [4.78, 5) is 17.6. The molecule has 1 aliphatic heterocycles. The van der Waals surface area contributed by atoms with Gasteiger partial charge < -0.3 is 15.0 Å². The number of aromatic amines is 1. The number of halogens is 2. The predicted molar refractivity (Wildman–Crippen MR) is 111 cm³/mol. The van der Waals surface area contributed by atoms with Gasteiger partial charge in [0.1, 0.15) is 17.4 Å². The number of piperidine rings is 1. The number of fused-ring (bicyclic) bond motifs is 1. The number of aliphatic hydroxyl groups is 1. The molecule has 0 spiro atoms. The Bertz CT molecular complexity index is 1160. The Morgan fingerprint density at radius 3 is 2.62 bits per heavy atom. The number of aliphatic hydroxyl groups excluding tert-OH is 1. The summed E-state index contributed by atoms with van der Waals surface area (Å²) in [6.45, 7) is 1.05. The molecule has 0 bridgehead atoms. The Hall–Kier alpha value is -2.88. The second-order valence-electron chi connectivity index (χ2n) is 7.27. The van der Waals surface area contributed by atoms with Crippen LogP contribution in [0.4, 0.5) is 10.1 Å².